The summed E-state index contributed by atoms with van der Waals surface area (Å²) >= 11 is 6.47. The molecule has 5 rings (SSSR count). The number of amides is 1. The molecule has 3 aromatic carbocycles. The molecule has 0 atom stereocenters. The number of rotatable bonds is 8. The Morgan fingerprint density at radius 2 is 1.87 bits per heavy atom. The molecular weight excluding hydrogens is 543 g/mol. The number of sulfonamides is 1. The molecule has 202 valence electrons. The van der Waals surface area contributed by atoms with E-state index in [0.717, 1.165) is 24.7 Å². The number of aliphatic hydroxyl groups is 1. The maximum Gasteiger partial charge on any atom is 0.255 e. The van der Waals surface area contributed by atoms with Crippen molar-refractivity contribution in [3.8, 4) is 11.3 Å². The molecule has 0 unspecified atom stereocenters. The number of nitrogens with zero attached hydrogens (tertiary/aromatic N) is 1. The number of fused-ring (bicyclic) bond motifs is 1. The van der Waals surface area contributed by atoms with Gasteiger partial charge in [0.15, 0.2) is 0 Å². The van der Waals surface area contributed by atoms with E-state index in [2.05, 4.69) is 11.9 Å². The zero-order valence-corrected chi connectivity index (χ0v) is 22.9. The summed E-state index contributed by atoms with van der Waals surface area (Å²) in [6.45, 7) is 3.50. The smallest absolute Gasteiger partial charge is 0.255 e. The quantitative estimate of drug-likeness (QED) is 0.262. The van der Waals surface area contributed by atoms with Crippen molar-refractivity contribution in [3.63, 3.8) is 0 Å². The minimum Gasteiger partial charge on any atom is -0.455 e. The van der Waals surface area contributed by atoms with Gasteiger partial charge in [0.25, 0.3) is 5.91 Å². The molecule has 1 saturated carbocycles. The largest absolute Gasteiger partial charge is 0.455 e. The summed E-state index contributed by atoms with van der Waals surface area (Å²) in [5.74, 6) is -0.456. The van der Waals surface area contributed by atoms with E-state index in [4.69, 9.17) is 16.0 Å². The first-order chi connectivity index (χ1) is 18.5. The van der Waals surface area contributed by atoms with Gasteiger partial charge in [-0.1, -0.05) is 24.2 Å². The fraction of sp³-hybridized carbons (Fsp3) is 0.207. The molecule has 4 aromatic rings. The Labute approximate surface area is 230 Å². The third-order valence-electron chi connectivity index (χ3n) is 6.72. The van der Waals surface area contributed by atoms with Crippen molar-refractivity contribution < 1.29 is 27.1 Å². The lowest BCUT2D eigenvalue weighted by atomic mass is 10.00. The highest BCUT2D eigenvalue weighted by atomic mass is 35.5. The van der Waals surface area contributed by atoms with E-state index in [1.54, 1.807) is 18.2 Å². The highest BCUT2D eigenvalue weighted by molar-refractivity contribution is 7.92. The van der Waals surface area contributed by atoms with Crippen LogP contribution in [-0.4, -0.2) is 39.3 Å². The first-order valence-corrected chi connectivity index (χ1v) is 14.4. The average Bonchev–Trinajstić information content (AvgIpc) is 3.67. The first-order valence-electron chi connectivity index (χ1n) is 12.2. The minimum absolute atomic E-state index is 0.0965. The molecule has 0 radical (unpaired) electrons. The van der Waals surface area contributed by atoms with Gasteiger partial charge in [-0.2, -0.15) is 0 Å². The van der Waals surface area contributed by atoms with Gasteiger partial charge in [0.1, 0.15) is 17.2 Å². The van der Waals surface area contributed by atoms with E-state index in [1.165, 1.54) is 41.7 Å². The van der Waals surface area contributed by atoms with Gasteiger partial charge in [0, 0.05) is 24.1 Å². The molecule has 0 aliphatic heterocycles. The van der Waals surface area contributed by atoms with Gasteiger partial charge in [-0.25, -0.2) is 17.1 Å². The van der Waals surface area contributed by atoms with Crippen LogP contribution in [0.1, 0.15) is 40.2 Å². The topological polar surface area (TPSA) is 99.8 Å². The van der Waals surface area contributed by atoms with Crippen molar-refractivity contribution in [2.24, 2.45) is 0 Å². The van der Waals surface area contributed by atoms with E-state index in [1.807, 2.05) is 6.07 Å². The molecule has 2 N–H and O–H groups in total. The molecule has 1 aliphatic rings. The second-order valence-electron chi connectivity index (χ2n) is 9.53. The van der Waals surface area contributed by atoms with Crippen LogP contribution in [0.4, 0.5) is 15.8 Å². The molecule has 1 aliphatic carbocycles. The third-order valence-corrected chi connectivity index (χ3v) is 8.11. The third kappa shape index (κ3) is 5.05. The average molecular weight is 569 g/mol. The Bertz CT molecular complexity index is 1730. The van der Waals surface area contributed by atoms with E-state index in [9.17, 15) is 22.7 Å². The molecule has 10 heteroatoms. The zero-order chi connectivity index (χ0) is 28.1. The number of hydrogen-bond donors (Lipinski definition) is 2. The fourth-order valence-corrected chi connectivity index (χ4v) is 6.03. The Morgan fingerprint density at radius 3 is 2.44 bits per heavy atom. The number of anilines is 2. The van der Waals surface area contributed by atoms with Crippen LogP contribution in [-0.2, 0) is 10.0 Å². The number of furan rings is 1. The fourth-order valence-electron chi connectivity index (χ4n) is 4.71. The maximum atomic E-state index is 13.6. The molecule has 0 bridgehead atoms. The zero-order valence-electron chi connectivity index (χ0n) is 21.3. The summed E-state index contributed by atoms with van der Waals surface area (Å²) in [7, 11) is -2.35. The van der Waals surface area contributed by atoms with Gasteiger partial charge in [-0.3, -0.25) is 4.79 Å². The van der Waals surface area contributed by atoms with Crippen LogP contribution in [0.25, 0.3) is 27.9 Å². The van der Waals surface area contributed by atoms with Gasteiger partial charge in [0.2, 0.25) is 10.0 Å². The second kappa shape index (κ2) is 10.1. The summed E-state index contributed by atoms with van der Waals surface area (Å²) in [4.78, 5) is 13.0. The SMILES string of the molecule is C=C(CO)c1ccc(N(c2cc3oc(-c4ccc(F)cc4)c(C(=O)NC)c3cc2C2CC2)S(C)(=O)=O)cc1Cl. The van der Waals surface area contributed by atoms with Crippen LogP contribution in [0.15, 0.2) is 65.6 Å². The predicted octanol–water partition coefficient (Wildman–Crippen LogP) is 6.23. The highest BCUT2D eigenvalue weighted by Crippen LogP contribution is 2.49. The molecule has 1 amide bonds. The maximum absolute atomic E-state index is 13.6. The van der Waals surface area contributed by atoms with Crippen molar-refractivity contribution >= 4 is 55.4 Å². The second-order valence-corrected chi connectivity index (χ2v) is 11.8. The summed E-state index contributed by atoms with van der Waals surface area (Å²) in [5.41, 5.74) is 3.46. The van der Waals surface area contributed by atoms with E-state index < -0.39 is 15.8 Å². The Balaban J connectivity index is 1.76. The molecule has 39 heavy (non-hydrogen) atoms. The summed E-state index contributed by atoms with van der Waals surface area (Å²) in [6.07, 6.45) is 2.83. The number of aliphatic hydroxyl groups excluding tert-OH is 1. The van der Waals surface area contributed by atoms with Crippen molar-refractivity contribution in [2.45, 2.75) is 18.8 Å². The van der Waals surface area contributed by atoms with Gasteiger partial charge in [-0.05, 0) is 77.9 Å². The molecule has 0 saturated heterocycles. The normalized spacial score (nSPS) is 13.5. The van der Waals surface area contributed by atoms with E-state index >= 15 is 0 Å². The number of hydrogen-bond acceptors (Lipinski definition) is 5. The predicted molar refractivity (Wildman–Crippen MR) is 152 cm³/mol. The van der Waals surface area contributed by atoms with Crippen LogP contribution in [0.2, 0.25) is 5.02 Å². The molecule has 0 spiro atoms. The standard InChI is InChI=1S/C29H26ClFN2O5S/c1-16(15-34)21-11-10-20(12-24(21)30)33(39(3,36)37)25-14-26-23(13-22(25)17-4-5-17)27(29(35)32-2)28(38-26)18-6-8-19(31)9-7-18/h6-14,17,34H,1,4-5,15H2,2-3H3,(H,32,35). The lowest BCUT2D eigenvalue weighted by Gasteiger charge is -2.26. The van der Waals surface area contributed by atoms with Gasteiger partial charge >= 0.3 is 0 Å². The van der Waals surface area contributed by atoms with Crippen LogP contribution in [0, 0.1) is 5.82 Å². The van der Waals surface area contributed by atoms with E-state index in [-0.39, 0.29) is 34.8 Å². The summed E-state index contributed by atoms with van der Waals surface area (Å²) in [5, 5.41) is 12.9. The number of carbonyl (C=O) groups excluding carboxylic acids is 1. The van der Waals surface area contributed by atoms with Crippen LogP contribution in [0.5, 0.6) is 0 Å². The first kappa shape index (κ1) is 26.9. The number of halogens is 2. The van der Waals surface area contributed by atoms with Gasteiger partial charge < -0.3 is 14.8 Å². The lowest BCUT2D eigenvalue weighted by molar-refractivity contribution is 0.0964. The van der Waals surface area contributed by atoms with Crippen molar-refractivity contribution in [1.29, 1.82) is 0 Å². The van der Waals surface area contributed by atoms with Crippen LogP contribution in [0.3, 0.4) is 0 Å². The van der Waals surface area contributed by atoms with Crippen molar-refractivity contribution in [2.75, 3.05) is 24.2 Å². The summed E-state index contributed by atoms with van der Waals surface area (Å²) in [6, 6.07) is 13.8. The monoisotopic (exact) mass is 568 g/mol. The van der Waals surface area contributed by atoms with Crippen molar-refractivity contribution in [3.05, 3.63) is 88.7 Å². The van der Waals surface area contributed by atoms with Crippen molar-refractivity contribution in [1.82, 2.24) is 5.32 Å². The molecule has 1 heterocycles. The lowest BCUT2D eigenvalue weighted by Crippen LogP contribution is -2.26. The number of carbonyl (C=O) groups is 1. The van der Waals surface area contributed by atoms with Gasteiger partial charge in [-0.15, -0.1) is 0 Å². The minimum atomic E-state index is -3.86. The van der Waals surface area contributed by atoms with Gasteiger partial charge in [0.05, 0.1) is 34.8 Å². The highest BCUT2D eigenvalue weighted by Gasteiger charge is 2.34. The molecule has 1 aromatic heterocycles. The molecule has 1 fully saturated rings. The Kier molecular flexibility index (Phi) is 7.00. The van der Waals surface area contributed by atoms with E-state index in [0.29, 0.717) is 39.0 Å². The summed E-state index contributed by atoms with van der Waals surface area (Å²) < 4.78 is 47.4. The Morgan fingerprint density at radius 1 is 1.18 bits per heavy atom. The molecular formula is C29H26ClFN2O5S. The molecule has 7 nitrogen and oxygen atoms in total. The number of nitrogens with one attached hydrogen (secondary N) is 1. The Hall–Kier alpha value is -3.66. The number of benzene rings is 3. The van der Waals surface area contributed by atoms with Crippen LogP contribution < -0.4 is 9.62 Å². The van der Waals surface area contributed by atoms with Crippen LogP contribution >= 0.6 is 11.6 Å².